The normalized spacial score (nSPS) is 12.3. The number of aliphatic carboxylic acids is 1. The van der Waals surface area contributed by atoms with Gasteiger partial charge in [0.05, 0.1) is 5.56 Å². The van der Waals surface area contributed by atoms with Gasteiger partial charge in [0.1, 0.15) is 17.5 Å². The molecule has 0 aromatic heterocycles. The number of carboxylic acids is 1. The summed E-state index contributed by atoms with van der Waals surface area (Å²) in [5.41, 5.74) is -0.717. The van der Waals surface area contributed by atoms with Crippen molar-refractivity contribution in [2.45, 2.75) is 25.6 Å². The SMILES string of the molecule is CC[C@H](NC(=O)c1cccc(Oc2cccc(C(F)(F)F)c2)c1)C(=O)O. The van der Waals surface area contributed by atoms with Crippen LogP contribution in [0.1, 0.15) is 29.3 Å². The molecule has 2 rings (SSSR count). The van der Waals surface area contributed by atoms with Crippen LogP contribution in [0.25, 0.3) is 0 Å². The third-order valence-electron chi connectivity index (χ3n) is 3.50. The molecule has 5 nitrogen and oxygen atoms in total. The fraction of sp³-hybridized carbons (Fsp3) is 0.222. The van der Waals surface area contributed by atoms with E-state index >= 15 is 0 Å². The molecule has 2 N–H and O–H groups in total. The molecule has 0 radical (unpaired) electrons. The number of halogens is 3. The standard InChI is InChI=1S/C18H16F3NO4/c1-2-15(17(24)25)22-16(23)11-5-3-7-13(9-11)26-14-8-4-6-12(10-14)18(19,20)21/h3-10,15H,2H2,1H3,(H,22,23)(H,24,25)/t15-/m0/s1. The number of ether oxygens (including phenoxy) is 1. The highest BCUT2D eigenvalue weighted by atomic mass is 19.4. The van der Waals surface area contributed by atoms with Crippen molar-refractivity contribution >= 4 is 11.9 Å². The first-order valence-corrected chi connectivity index (χ1v) is 7.69. The third-order valence-corrected chi connectivity index (χ3v) is 3.50. The molecule has 0 heterocycles. The number of amides is 1. The third kappa shape index (κ3) is 4.98. The first-order valence-electron chi connectivity index (χ1n) is 7.69. The molecule has 0 fully saturated rings. The topological polar surface area (TPSA) is 75.6 Å². The Labute approximate surface area is 147 Å². The number of alkyl halides is 3. The number of nitrogens with one attached hydrogen (secondary N) is 1. The van der Waals surface area contributed by atoms with Crippen molar-refractivity contribution in [3.8, 4) is 11.5 Å². The van der Waals surface area contributed by atoms with Crippen molar-refractivity contribution in [2.75, 3.05) is 0 Å². The average Bonchev–Trinajstić information content (AvgIpc) is 2.59. The van der Waals surface area contributed by atoms with E-state index in [1.165, 1.54) is 36.4 Å². The van der Waals surface area contributed by atoms with E-state index in [-0.39, 0.29) is 23.5 Å². The highest BCUT2D eigenvalue weighted by Gasteiger charge is 2.30. The van der Waals surface area contributed by atoms with Crippen LogP contribution >= 0.6 is 0 Å². The Balaban J connectivity index is 2.17. The van der Waals surface area contributed by atoms with Gasteiger partial charge in [-0.1, -0.05) is 19.1 Å². The zero-order valence-electron chi connectivity index (χ0n) is 13.7. The molecular formula is C18H16F3NO4. The monoisotopic (exact) mass is 367 g/mol. The zero-order chi connectivity index (χ0) is 19.3. The number of rotatable bonds is 6. The minimum Gasteiger partial charge on any atom is -0.480 e. The van der Waals surface area contributed by atoms with Crippen molar-refractivity contribution in [3.05, 3.63) is 59.7 Å². The molecule has 2 aromatic rings. The molecule has 2 aromatic carbocycles. The van der Waals surface area contributed by atoms with Crippen LogP contribution in [-0.2, 0) is 11.0 Å². The van der Waals surface area contributed by atoms with E-state index in [1.807, 2.05) is 0 Å². The van der Waals surface area contributed by atoms with Crippen molar-refractivity contribution in [3.63, 3.8) is 0 Å². The molecule has 1 amide bonds. The van der Waals surface area contributed by atoms with E-state index in [0.717, 1.165) is 12.1 Å². The lowest BCUT2D eigenvalue weighted by Gasteiger charge is -2.13. The molecule has 26 heavy (non-hydrogen) atoms. The van der Waals surface area contributed by atoms with E-state index in [0.29, 0.717) is 0 Å². The number of carboxylic acid groups (broad SMARTS) is 1. The van der Waals surface area contributed by atoms with Crippen molar-refractivity contribution in [1.82, 2.24) is 5.32 Å². The Kier molecular flexibility index (Phi) is 5.86. The van der Waals surface area contributed by atoms with Gasteiger partial charge in [0.25, 0.3) is 5.91 Å². The van der Waals surface area contributed by atoms with Gasteiger partial charge >= 0.3 is 12.1 Å². The maximum atomic E-state index is 12.7. The Morgan fingerprint density at radius 2 is 1.73 bits per heavy atom. The molecule has 0 spiro atoms. The molecule has 0 aliphatic heterocycles. The second-order valence-corrected chi connectivity index (χ2v) is 5.43. The highest BCUT2D eigenvalue weighted by molar-refractivity contribution is 5.96. The lowest BCUT2D eigenvalue weighted by molar-refractivity contribution is -0.139. The first-order chi connectivity index (χ1) is 12.2. The molecule has 138 valence electrons. The van der Waals surface area contributed by atoms with E-state index in [1.54, 1.807) is 6.92 Å². The van der Waals surface area contributed by atoms with Gasteiger partial charge in [-0.25, -0.2) is 4.79 Å². The van der Waals surface area contributed by atoms with E-state index in [2.05, 4.69) is 5.32 Å². The van der Waals surface area contributed by atoms with Gasteiger partial charge in [0, 0.05) is 5.56 Å². The Bertz CT molecular complexity index is 805. The summed E-state index contributed by atoms with van der Waals surface area (Å²) in [6, 6.07) is 9.05. The molecule has 1 atom stereocenters. The molecular weight excluding hydrogens is 351 g/mol. The molecule has 0 aliphatic carbocycles. The lowest BCUT2D eigenvalue weighted by Crippen LogP contribution is -2.40. The summed E-state index contributed by atoms with van der Waals surface area (Å²) in [7, 11) is 0. The highest BCUT2D eigenvalue weighted by Crippen LogP contribution is 2.32. The molecule has 8 heteroatoms. The quantitative estimate of drug-likeness (QED) is 0.806. The number of hydrogen-bond donors (Lipinski definition) is 2. The van der Waals surface area contributed by atoms with Gasteiger partial charge in [0.15, 0.2) is 0 Å². The summed E-state index contributed by atoms with van der Waals surface area (Å²) in [4.78, 5) is 23.1. The van der Waals surface area contributed by atoms with Crippen molar-refractivity contribution < 1.29 is 32.6 Å². The Morgan fingerprint density at radius 1 is 1.12 bits per heavy atom. The van der Waals surface area contributed by atoms with Crippen LogP contribution in [-0.4, -0.2) is 23.0 Å². The minimum absolute atomic E-state index is 0.0330. The Hall–Kier alpha value is -3.03. The van der Waals surface area contributed by atoms with E-state index < -0.39 is 29.7 Å². The lowest BCUT2D eigenvalue weighted by atomic mass is 10.1. The minimum atomic E-state index is -4.49. The summed E-state index contributed by atoms with van der Waals surface area (Å²) in [6.45, 7) is 1.62. The largest absolute Gasteiger partial charge is 0.480 e. The van der Waals surface area contributed by atoms with Crippen LogP contribution in [0.4, 0.5) is 13.2 Å². The molecule has 0 unspecified atom stereocenters. The van der Waals surface area contributed by atoms with E-state index in [4.69, 9.17) is 9.84 Å². The number of carbonyl (C=O) groups excluding carboxylic acids is 1. The van der Waals surface area contributed by atoms with Crippen LogP contribution in [0.15, 0.2) is 48.5 Å². The average molecular weight is 367 g/mol. The van der Waals surface area contributed by atoms with Crippen molar-refractivity contribution in [2.24, 2.45) is 0 Å². The smallest absolute Gasteiger partial charge is 0.416 e. The summed E-state index contributed by atoms with van der Waals surface area (Å²) >= 11 is 0. The molecule has 0 aliphatic rings. The second-order valence-electron chi connectivity index (χ2n) is 5.43. The second kappa shape index (κ2) is 7.90. The fourth-order valence-electron chi connectivity index (χ4n) is 2.15. The predicted octanol–water partition coefficient (Wildman–Crippen LogP) is 4.09. The van der Waals surface area contributed by atoms with Gasteiger partial charge in [0.2, 0.25) is 0 Å². The van der Waals surface area contributed by atoms with Gasteiger partial charge in [-0.15, -0.1) is 0 Å². The van der Waals surface area contributed by atoms with Gasteiger partial charge in [-0.05, 0) is 42.8 Å². The Morgan fingerprint density at radius 3 is 2.31 bits per heavy atom. The van der Waals surface area contributed by atoms with Crippen LogP contribution < -0.4 is 10.1 Å². The zero-order valence-corrected chi connectivity index (χ0v) is 13.7. The number of carbonyl (C=O) groups is 2. The number of hydrogen-bond acceptors (Lipinski definition) is 3. The summed E-state index contributed by atoms with van der Waals surface area (Å²) in [5, 5.41) is 11.3. The van der Waals surface area contributed by atoms with Crippen LogP contribution in [0.2, 0.25) is 0 Å². The molecule has 0 saturated carbocycles. The van der Waals surface area contributed by atoms with Gasteiger partial charge < -0.3 is 15.2 Å². The maximum absolute atomic E-state index is 12.7. The van der Waals surface area contributed by atoms with Crippen LogP contribution in [0, 0.1) is 0 Å². The van der Waals surface area contributed by atoms with Gasteiger partial charge in [-0.2, -0.15) is 13.2 Å². The number of benzene rings is 2. The maximum Gasteiger partial charge on any atom is 0.416 e. The first kappa shape index (κ1) is 19.3. The van der Waals surface area contributed by atoms with Crippen molar-refractivity contribution in [1.29, 1.82) is 0 Å². The van der Waals surface area contributed by atoms with Crippen LogP contribution in [0.3, 0.4) is 0 Å². The van der Waals surface area contributed by atoms with E-state index in [9.17, 15) is 22.8 Å². The fourth-order valence-corrected chi connectivity index (χ4v) is 2.15. The van der Waals surface area contributed by atoms with Crippen LogP contribution in [0.5, 0.6) is 11.5 Å². The summed E-state index contributed by atoms with van der Waals surface area (Å²) in [5.74, 6) is -1.65. The molecule has 0 bridgehead atoms. The van der Waals surface area contributed by atoms with Gasteiger partial charge in [-0.3, -0.25) is 4.79 Å². The predicted molar refractivity (Wildman–Crippen MR) is 87.1 cm³/mol. The molecule has 0 saturated heterocycles. The summed E-state index contributed by atoms with van der Waals surface area (Å²) < 4.78 is 43.6. The summed E-state index contributed by atoms with van der Waals surface area (Å²) in [6.07, 6.45) is -4.28.